The summed E-state index contributed by atoms with van der Waals surface area (Å²) in [5.74, 6) is -1.74. The van der Waals surface area contributed by atoms with Crippen molar-refractivity contribution in [3.8, 4) is 11.1 Å². The molecule has 0 aliphatic rings. The van der Waals surface area contributed by atoms with Gasteiger partial charge in [-0.2, -0.15) is 0 Å². The Morgan fingerprint density at radius 3 is 2.45 bits per heavy atom. The van der Waals surface area contributed by atoms with Gasteiger partial charge >= 0.3 is 11.9 Å². The maximum atomic E-state index is 12.8. The number of furan rings is 1. The van der Waals surface area contributed by atoms with Crippen LogP contribution in [0.1, 0.15) is 26.6 Å². The first-order valence-electron chi connectivity index (χ1n) is 10.1. The fourth-order valence-corrected chi connectivity index (χ4v) is 3.44. The van der Waals surface area contributed by atoms with Crippen molar-refractivity contribution in [3.63, 3.8) is 0 Å². The number of carbonyl (C=O) groups excluding carboxylic acids is 3. The van der Waals surface area contributed by atoms with Crippen molar-refractivity contribution in [1.29, 1.82) is 0 Å². The van der Waals surface area contributed by atoms with Gasteiger partial charge in [-0.05, 0) is 23.8 Å². The molecule has 1 N–H and O–H groups in total. The Morgan fingerprint density at radius 2 is 1.73 bits per heavy atom. The zero-order chi connectivity index (χ0) is 23.2. The number of aromatic nitrogens is 1. The van der Waals surface area contributed by atoms with Crippen LogP contribution in [0.15, 0.2) is 77.4 Å². The molecule has 0 saturated heterocycles. The Labute approximate surface area is 189 Å². The summed E-state index contributed by atoms with van der Waals surface area (Å²) >= 11 is 0. The molecule has 0 fully saturated rings. The molecule has 2 aromatic carbocycles. The second-order valence-electron chi connectivity index (χ2n) is 7.00. The molecule has 0 atom stereocenters. The van der Waals surface area contributed by atoms with Gasteiger partial charge in [0.15, 0.2) is 5.76 Å². The van der Waals surface area contributed by atoms with E-state index >= 15 is 0 Å². The fourth-order valence-electron chi connectivity index (χ4n) is 3.44. The lowest BCUT2D eigenvalue weighted by atomic mass is 9.94. The van der Waals surface area contributed by atoms with Gasteiger partial charge in [0.25, 0.3) is 5.91 Å². The average molecular weight is 444 g/mol. The number of benzene rings is 2. The molecule has 0 aliphatic heterocycles. The number of rotatable bonds is 7. The summed E-state index contributed by atoms with van der Waals surface area (Å²) in [7, 11) is 1.28. The van der Waals surface area contributed by atoms with Crippen molar-refractivity contribution in [1.82, 2.24) is 10.3 Å². The molecular formula is C25H20N2O6. The minimum Gasteiger partial charge on any atom is -0.465 e. The highest BCUT2D eigenvalue weighted by Crippen LogP contribution is 2.33. The molecule has 0 aliphatic carbocycles. The normalized spacial score (nSPS) is 10.6. The SMILES string of the molecule is COC(=O)c1c(COC(=O)CNC(=O)c2ccco2)nc2ccccc2c1-c1ccccc1. The lowest BCUT2D eigenvalue weighted by Gasteiger charge is -2.16. The molecule has 0 saturated carbocycles. The van der Waals surface area contributed by atoms with E-state index in [0.717, 1.165) is 10.9 Å². The van der Waals surface area contributed by atoms with E-state index in [-0.39, 0.29) is 30.2 Å². The van der Waals surface area contributed by atoms with E-state index in [0.29, 0.717) is 11.1 Å². The van der Waals surface area contributed by atoms with Gasteiger partial charge in [-0.25, -0.2) is 9.78 Å². The molecule has 8 nitrogen and oxygen atoms in total. The van der Waals surface area contributed by atoms with Crippen molar-refractivity contribution in [2.75, 3.05) is 13.7 Å². The Morgan fingerprint density at radius 1 is 0.970 bits per heavy atom. The monoisotopic (exact) mass is 444 g/mol. The quantitative estimate of drug-likeness (QED) is 0.433. The van der Waals surface area contributed by atoms with Crippen molar-refractivity contribution in [3.05, 3.63) is 90.0 Å². The minimum absolute atomic E-state index is 0.0828. The number of pyridine rings is 1. The maximum absolute atomic E-state index is 12.8. The van der Waals surface area contributed by atoms with Crippen LogP contribution in [0.2, 0.25) is 0 Å². The van der Waals surface area contributed by atoms with Gasteiger partial charge < -0.3 is 19.2 Å². The number of ether oxygens (including phenoxy) is 2. The maximum Gasteiger partial charge on any atom is 0.340 e. The third kappa shape index (κ3) is 4.74. The van der Waals surface area contributed by atoms with Crippen LogP contribution in [0, 0.1) is 0 Å². The van der Waals surface area contributed by atoms with E-state index < -0.39 is 17.8 Å². The number of para-hydroxylation sites is 1. The summed E-state index contributed by atoms with van der Waals surface area (Å²) in [5.41, 5.74) is 2.56. The first-order chi connectivity index (χ1) is 16.1. The highest BCUT2D eigenvalue weighted by molar-refractivity contribution is 6.07. The molecule has 166 valence electrons. The number of hydrogen-bond acceptors (Lipinski definition) is 7. The molecule has 1 amide bonds. The number of nitrogens with zero attached hydrogens (tertiary/aromatic N) is 1. The number of nitrogens with one attached hydrogen (secondary N) is 1. The molecule has 2 aromatic heterocycles. The van der Waals surface area contributed by atoms with Crippen LogP contribution in [0.5, 0.6) is 0 Å². The summed E-state index contributed by atoms with van der Waals surface area (Å²) in [4.78, 5) is 41.5. The summed E-state index contributed by atoms with van der Waals surface area (Å²) in [6, 6.07) is 19.8. The van der Waals surface area contributed by atoms with Gasteiger partial charge in [-0.15, -0.1) is 0 Å². The third-order valence-electron chi connectivity index (χ3n) is 4.93. The molecule has 33 heavy (non-hydrogen) atoms. The number of fused-ring (bicyclic) bond motifs is 1. The molecule has 4 aromatic rings. The second kappa shape index (κ2) is 9.78. The third-order valence-corrected chi connectivity index (χ3v) is 4.93. The standard InChI is InChI=1S/C25H20N2O6/c1-31-25(30)23-19(15-33-21(28)14-26-24(29)20-12-7-13-32-20)27-18-11-6-5-10-17(18)22(23)16-8-3-2-4-9-16/h2-13H,14-15H2,1H3,(H,26,29). The predicted octanol–water partition coefficient (Wildman–Crippen LogP) is 3.75. The highest BCUT2D eigenvalue weighted by Gasteiger charge is 2.24. The zero-order valence-electron chi connectivity index (χ0n) is 17.7. The van der Waals surface area contributed by atoms with Gasteiger partial charge in [0, 0.05) is 10.9 Å². The fraction of sp³-hybridized carbons (Fsp3) is 0.120. The number of hydrogen-bond donors (Lipinski definition) is 1. The molecule has 0 spiro atoms. The Bertz CT molecular complexity index is 1300. The molecular weight excluding hydrogens is 424 g/mol. The van der Waals surface area contributed by atoms with Gasteiger partial charge in [-0.3, -0.25) is 9.59 Å². The van der Waals surface area contributed by atoms with E-state index in [1.807, 2.05) is 54.6 Å². The van der Waals surface area contributed by atoms with Gasteiger partial charge in [-0.1, -0.05) is 48.5 Å². The van der Waals surface area contributed by atoms with Crippen LogP contribution in [0.3, 0.4) is 0 Å². The molecule has 0 unspecified atom stereocenters. The molecule has 8 heteroatoms. The lowest BCUT2D eigenvalue weighted by molar-refractivity contribution is -0.143. The van der Waals surface area contributed by atoms with Crippen LogP contribution < -0.4 is 5.32 Å². The number of amides is 1. The largest absolute Gasteiger partial charge is 0.465 e. The molecule has 4 rings (SSSR count). The van der Waals surface area contributed by atoms with Crippen molar-refractivity contribution in [2.45, 2.75) is 6.61 Å². The van der Waals surface area contributed by atoms with Crippen molar-refractivity contribution >= 4 is 28.7 Å². The average Bonchev–Trinajstić information content (AvgIpc) is 3.40. The minimum atomic E-state index is -0.693. The highest BCUT2D eigenvalue weighted by atomic mass is 16.5. The summed E-state index contributed by atoms with van der Waals surface area (Å²) in [5, 5.41) is 3.19. The predicted molar refractivity (Wildman–Crippen MR) is 119 cm³/mol. The van der Waals surface area contributed by atoms with Crippen molar-refractivity contribution in [2.24, 2.45) is 0 Å². The Kier molecular flexibility index (Phi) is 6.45. The van der Waals surface area contributed by atoms with Crippen LogP contribution in [0.4, 0.5) is 0 Å². The van der Waals surface area contributed by atoms with Crippen LogP contribution in [-0.2, 0) is 20.9 Å². The lowest BCUT2D eigenvalue weighted by Crippen LogP contribution is -2.30. The molecule has 0 bridgehead atoms. The van der Waals surface area contributed by atoms with E-state index in [9.17, 15) is 14.4 Å². The van der Waals surface area contributed by atoms with E-state index in [1.165, 1.54) is 19.4 Å². The Hall–Kier alpha value is -4.46. The number of carbonyl (C=O) groups is 3. The summed E-state index contributed by atoms with van der Waals surface area (Å²) in [6.45, 7) is -0.642. The number of methoxy groups -OCH3 is 1. The van der Waals surface area contributed by atoms with Crippen LogP contribution in [-0.4, -0.2) is 36.5 Å². The second-order valence-corrected chi connectivity index (χ2v) is 7.00. The van der Waals surface area contributed by atoms with Crippen LogP contribution >= 0.6 is 0 Å². The number of esters is 2. The van der Waals surface area contributed by atoms with Crippen LogP contribution in [0.25, 0.3) is 22.0 Å². The summed E-state index contributed by atoms with van der Waals surface area (Å²) < 4.78 is 15.3. The van der Waals surface area contributed by atoms with Gasteiger partial charge in [0.1, 0.15) is 13.2 Å². The smallest absolute Gasteiger partial charge is 0.340 e. The molecule has 2 heterocycles. The van der Waals surface area contributed by atoms with E-state index in [1.54, 1.807) is 6.07 Å². The molecule has 0 radical (unpaired) electrons. The Balaban J connectivity index is 1.63. The van der Waals surface area contributed by atoms with Gasteiger partial charge in [0.2, 0.25) is 0 Å². The van der Waals surface area contributed by atoms with Gasteiger partial charge in [0.05, 0.1) is 30.1 Å². The van der Waals surface area contributed by atoms with Crippen molar-refractivity contribution < 1.29 is 28.3 Å². The van der Waals surface area contributed by atoms with E-state index in [4.69, 9.17) is 13.9 Å². The topological polar surface area (TPSA) is 108 Å². The first-order valence-corrected chi connectivity index (χ1v) is 10.1. The summed E-state index contributed by atoms with van der Waals surface area (Å²) in [6.07, 6.45) is 1.36. The van der Waals surface area contributed by atoms with E-state index in [2.05, 4.69) is 10.3 Å². The first kappa shape index (κ1) is 21.8. The zero-order valence-corrected chi connectivity index (χ0v) is 17.7.